The van der Waals surface area contributed by atoms with Gasteiger partial charge in [-0.15, -0.1) is 0 Å². The van der Waals surface area contributed by atoms with Gasteiger partial charge in [0.05, 0.1) is 2.74 Å². The van der Waals surface area contributed by atoms with E-state index in [4.69, 9.17) is 14.3 Å². The zero-order chi connectivity index (χ0) is 7.72. The van der Waals surface area contributed by atoms with E-state index in [1.165, 1.54) is 0 Å². The molecule has 1 heterocycles. The van der Waals surface area contributed by atoms with Crippen LogP contribution in [0.25, 0.3) is 0 Å². The van der Waals surface area contributed by atoms with E-state index in [1.807, 2.05) is 0 Å². The molecule has 0 aliphatic rings. The smallest absolute Gasteiger partial charge is 0.211 e. The van der Waals surface area contributed by atoms with Gasteiger partial charge in [-0.25, -0.2) is 4.98 Å². The minimum absolute atomic E-state index is 0.336. The molecule has 8 heavy (non-hydrogen) atoms. The normalized spacial score (nSPS) is 12.8. The van der Waals surface area contributed by atoms with Gasteiger partial charge in [-0.05, 0) is 6.04 Å². The largest absolute Gasteiger partial charge is 0.309 e. The Bertz CT molecular complexity index is 244. The molecular formula is C4H2ClFN2. The molecule has 0 aliphatic carbocycles. The van der Waals surface area contributed by atoms with Gasteiger partial charge < -0.3 is 0 Å². The van der Waals surface area contributed by atoms with Crippen molar-refractivity contribution in [3.05, 3.63) is 23.4 Å². The molecule has 1 rings (SSSR count). The fourth-order valence-corrected chi connectivity index (χ4v) is 0.366. The van der Waals surface area contributed by atoms with E-state index in [9.17, 15) is 4.39 Å². The summed E-state index contributed by atoms with van der Waals surface area (Å²) in [4.78, 5) is 5.97. The Hall–Kier alpha value is -0.700. The van der Waals surface area contributed by atoms with E-state index in [0.29, 0.717) is 0 Å². The van der Waals surface area contributed by atoms with Crippen molar-refractivity contribution in [1.29, 1.82) is 0 Å². The highest BCUT2D eigenvalue weighted by molar-refractivity contribution is 6.29. The molecule has 0 atom stereocenters. The molecule has 42 valence electrons. The molecule has 2 nitrogen and oxygen atoms in total. The Morgan fingerprint density at radius 1 is 1.88 bits per heavy atom. The summed E-state index contributed by atoms with van der Waals surface area (Å²) < 4.78 is 25.9. The first-order chi connectivity index (χ1) is 4.61. The Morgan fingerprint density at radius 3 is 3.25 bits per heavy atom. The minimum Gasteiger partial charge on any atom is -0.211 e. The van der Waals surface area contributed by atoms with Crippen LogP contribution in [0, 0.1) is 6.08 Å². The second kappa shape index (κ2) is 2.05. The number of halogens is 2. The predicted molar refractivity (Wildman–Crippen MR) is 27.0 cm³/mol. The van der Waals surface area contributed by atoms with Crippen molar-refractivity contribution in [2.45, 2.75) is 0 Å². The molecule has 0 bridgehead atoms. The summed E-state index contributed by atoms with van der Waals surface area (Å²) in [6.07, 6.45) is -1.58. The summed E-state index contributed by atoms with van der Waals surface area (Å²) in [5.74, 6) is 0. The predicted octanol–water partition coefficient (Wildman–Crippen LogP) is 1.27. The van der Waals surface area contributed by atoms with Crippen LogP contribution < -0.4 is 0 Å². The van der Waals surface area contributed by atoms with Crippen molar-refractivity contribution in [2.75, 3.05) is 0 Å². The highest BCUT2D eigenvalue weighted by atomic mass is 35.5. The number of aromatic nitrogens is 2. The van der Waals surface area contributed by atoms with Crippen LogP contribution in [0.2, 0.25) is 5.15 Å². The van der Waals surface area contributed by atoms with Gasteiger partial charge in [-0.2, -0.15) is 9.37 Å². The lowest BCUT2D eigenvalue weighted by Crippen LogP contribution is -1.84. The third-order valence-corrected chi connectivity index (χ3v) is 0.677. The SMILES string of the molecule is [2H]c1nc(F)nc(Cl)c1[2H]. The maximum absolute atomic E-state index is 12.1. The van der Waals surface area contributed by atoms with Gasteiger partial charge in [0.25, 0.3) is 0 Å². The van der Waals surface area contributed by atoms with E-state index >= 15 is 0 Å². The van der Waals surface area contributed by atoms with Gasteiger partial charge in [0.2, 0.25) is 0 Å². The van der Waals surface area contributed by atoms with Crippen LogP contribution in [0.5, 0.6) is 0 Å². The molecule has 0 unspecified atom stereocenters. The quantitative estimate of drug-likeness (QED) is 0.395. The van der Waals surface area contributed by atoms with Crippen LogP contribution in [0.15, 0.2) is 12.2 Å². The topological polar surface area (TPSA) is 25.8 Å². The molecule has 0 spiro atoms. The first-order valence-corrected chi connectivity index (χ1v) is 2.15. The van der Waals surface area contributed by atoms with Gasteiger partial charge in [0.15, 0.2) is 0 Å². The summed E-state index contributed by atoms with van der Waals surface area (Å²) in [6.45, 7) is 0. The zero-order valence-electron chi connectivity index (χ0n) is 5.65. The molecule has 0 radical (unpaired) electrons. The molecule has 0 aliphatic heterocycles. The number of nitrogens with zero attached hydrogens (tertiary/aromatic N) is 2. The van der Waals surface area contributed by atoms with Crippen molar-refractivity contribution in [1.82, 2.24) is 9.97 Å². The lowest BCUT2D eigenvalue weighted by molar-refractivity contribution is 0.539. The summed E-state index contributed by atoms with van der Waals surface area (Å²) in [5.41, 5.74) is 0. The van der Waals surface area contributed by atoms with E-state index in [0.717, 1.165) is 0 Å². The van der Waals surface area contributed by atoms with Crippen LogP contribution in [0.3, 0.4) is 0 Å². The number of hydrogen-bond donors (Lipinski definition) is 0. The first-order valence-electron chi connectivity index (χ1n) is 2.77. The molecule has 0 aromatic carbocycles. The molecule has 0 fully saturated rings. The van der Waals surface area contributed by atoms with E-state index in [2.05, 4.69) is 9.97 Å². The molecule has 0 saturated carbocycles. The van der Waals surface area contributed by atoms with Crippen molar-refractivity contribution in [2.24, 2.45) is 0 Å². The van der Waals surface area contributed by atoms with Gasteiger partial charge in [-0.1, -0.05) is 11.6 Å². The number of rotatable bonds is 0. The van der Waals surface area contributed by atoms with E-state index < -0.39 is 12.3 Å². The fourth-order valence-electron chi connectivity index (χ4n) is 0.254. The summed E-state index contributed by atoms with van der Waals surface area (Å²) in [7, 11) is 0. The zero-order valence-corrected chi connectivity index (χ0v) is 4.41. The van der Waals surface area contributed by atoms with Gasteiger partial charge >= 0.3 is 6.08 Å². The third-order valence-electron chi connectivity index (χ3n) is 0.498. The molecule has 4 heteroatoms. The monoisotopic (exact) mass is 134 g/mol. The fraction of sp³-hybridized carbons (Fsp3) is 0. The van der Waals surface area contributed by atoms with Crippen LogP contribution in [-0.4, -0.2) is 9.97 Å². The Labute approximate surface area is 53.1 Å². The Balaban J connectivity index is 3.31. The third kappa shape index (κ3) is 1.13. The van der Waals surface area contributed by atoms with E-state index in [1.54, 1.807) is 0 Å². The molecule has 0 N–H and O–H groups in total. The maximum atomic E-state index is 12.1. The molecule has 1 aromatic heterocycles. The lowest BCUT2D eigenvalue weighted by Gasteiger charge is -1.83. The maximum Gasteiger partial charge on any atom is 0.309 e. The molecular weight excluding hydrogens is 131 g/mol. The summed E-state index contributed by atoms with van der Waals surface area (Å²) in [6, 6.07) is -0.358. The van der Waals surface area contributed by atoms with Crippen LogP contribution in [-0.2, 0) is 0 Å². The first kappa shape index (κ1) is 3.35. The highest BCUT2D eigenvalue weighted by Crippen LogP contribution is 1.99. The van der Waals surface area contributed by atoms with Crippen LogP contribution in [0.1, 0.15) is 2.74 Å². The van der Waals surface area contributed by atoms with Gasteiger partial charge in [0.1, 0.15) is 5.15 Å². The lowest BCUT2D eigenvalue weighted by atomic mass is 10.7. The minimum atomic E-state index is -1.08. The standard InChI is InChI=1S/C4H2ClFN2/c5-3-1-2-7-4(6)8-3/h1-2H/i1D,2D. The molecule has 1 aromatic rings. The van der Waals surface area contributed by atoms with Gasteiger partial charge in [0, 0.05) is 6.17 Å². The Morgan fingerprint density at radius 2 is 2.62 bits per heavy atom. The molecule has 0 saturated heterocycles. The van der Waals surface area contributed by atoms with Crippen LogP contribution in [0.4, 0.5) is 4.39 Å². The number of hydrogen-bond acceptors (Lipinski definition) is 2. The van der Waals surface area contributed by atoms with Crippen molar-refractivity contribution in [3.63, 3.8) is 0 Å². The van der Waals surface area contributed by atoms with Gasteiger partial charge in [-0.3, -0.25) is 0 Å². The Kier molecular flexibility index (Phi) is 0.857. The van der Waals surface area contributed by atoms with Crippen molar-refractivity contribution < 1.29 is 7.13 Å². The van der Waals surface area contributed by atoms with Crippen LogP contribution >= 0.6 is 11.6 Å². The van der Waals surface area contributed by atoms with Crippen molar-refractivity contribution in [3.8, 4) is 0 Å². The second-order valence-corrected chi connectivity index (χ2v) is 1.38. The van der Waals surface area contributed by atoms with E-state index in [-0.39, 0.29) is 11.2 Å². The average Bonchev–Trinajstić information content (AvgIpc) is 1.82. The molecule has 0 amide bonds. The highest BCUT2D eigenvalue weighted by Gasteiger charge is 1.89. The summed E-state index contributed by atoms with van der Waals surface area (Å²) >= 11 is 5.22. The average molecular weight is 135 g/mol. The summed E-state index contributed by atoms with van der Waals surface area (Å²) in [5, 5.41) is -0.336. The second-order valence-electron chi connectivity index (χ2n) is 1.02. The van der Waals surface area contributed by atoms with Crippen molar-refractivity contribution >= 4 is 11.6 Å².